The Labute approximate surface area is 117 Å². The molecule has 2 aromatic carbocycles. The van der Waals surface area contributed by atoms with E-state index in [0.29, 0.717) is 13.0 Å². The van der Waals surface area contributed by atoms with E-state index in [0.717, 1.165) is 16.8 Å². The highest BCUT2D eigenvalue weighted by atomic mass is 16.5. The molecule has 0 amide bonds. The molecule has 3 nitrogen and oxygen atoms in total. The fourth-order valence-electron chi connectivity index (χ4n) is 2.27. The molecule has 0 aliphatic carbocycles. The number of cyclic esters (lactones) is 1. The topological polar surface area (TPSA) is 38.7 Å². The average Bonchev–Trinajstić information content (AvgIpc) is 2.92. The second-order valence-electron chi connectivity index (χ2n) is 4.75. The number of carbonyl (C=O) groups excluding carboxylic acids is 1. The molecule has 0 spiro atoms. The summed E-state index contributed by atoms with van der Waals surface area (Å²) in [5.41, 5.74) is 3.02. The number of ether oxygens (including phenoxy) is 1. The zero-order valence-corrected chi connectivity index (χ0v) is 11.0. The maximum absolute atomic E-state index is 11.2. The van der Waals surface area contributed by atoms with Gasteiger partial charge in [0.25, 0.3) is 0 Å². The molecule has 1 aliphatic rings. The molecule has 0 aromatic heterocycles. The van der Waals surface area contributed by atoms with Gasteiger partial charge in [0.2, 0.25) is 0 Å². The van der Waals surface area contributed by atoms with Gasteiger partial charge in [-0.2, -0.15) is 0 Å². The van der Waals surface area contributed by atoms with Crippen LogP contribution in [0.2, 0.25) is 0 Å². The van der Waals surface area contributed by atoms with Crippen LogP contribution in [0.1, 0.15) is 17.5 Å². The molecule has 3 rings (SSSR count). The van der Waals surface area contributed by atoms with Gasteiger partial charge < -0.3 is 4.74 Å². The number of hydrogen-bond acceptors (Lipinski definition) is 3. The predicted molar refractivity (Wildman–Crippen MR) is 77.9 cm³/mol. The molecule has 0 bridgehead atoms. The van der Waals surface area contributed by atoms with Gasteiger partial charge in [-0.3, -0.25) is 9.79 Å². The summed E-state index contributed by atoms with van der Waals surface area (Å²) in [5.74, 6) is -0.167. The van der Waals surface area contributed by atoms with Crippen LogP contribution in [0.5, 0.6) is 0 Å². The molecule has 0 saturated carbocycles. The van der Waals surface area contributed by atoms with E-state index in [1.54, 1.807) is 0 Å². The molecule has 1 unspecified atom stereocenters. The van der Waals surface area contributed by atoms with Crippen LogP contribution in [-0.2, 0) is 9.53 Å². The first-order valence-corrected chi connectivity index (χ1v) is 6.67. The van der Waals surface area contributed by atoms with E-state index in [2.05, 4.69) is 0 Å². The largest absolute Gasteiger partial charge is 0.463 e. The van der Waals surface area contributed by atoms with Crippen molar-refractivity contribution in [1.82, 2.24) is 0 Å². The minimum Gasteiger partial charge on any atom is -0.463 e. The molecule has 1 fully saturated rings. The van der Waals surface area contributed by atoms with E-state index in [9.17, 15) is 4.79 Å². The lowest BCUT2D eigenvalue weighted by Gasteiger charge is -2.09. The Balaban J connectivity index is 2.00. The van der Waals surface area contributed by atoms with Crippen LogP contribution in [0.15, 0.2) is 65.7 Å². The molecule has 0 N–H and O–H groups in total. The molecular weight excluding hydrogens is 250 g/mol. The van der Waals surface area contributed by atoms with Crippen LogP contribution in [0.25, 0.3) is 0 Å². The van der Waals surface area contributed by atoms with Crippen molar-refractivity contribution in [2.24, 2.45) is 4.99 Å². The minimum absolute atomic E-state index is 0.0853. The number of aliphatic imine (C=N–C) groups is 1. The second-order valence-corrected chi connectivity index (χ2v) is 4.75. The number of carbonyl (C=O) groups is 1. The SMILES string of the molecule is O=C1CC(N=C(c2ccccc2)c2ccccc2)CO1. The molecule has 100 valence electrons. The lowest BCUT2D eigenvalue weighted by atomic mass is 10.0. The van der Waals surface area contributed by atoms with Crippen molar-refractivity contribution < 1.29 is 9.53 Å². The van der Waals surface area contributed by atoms with Crippen LogP contribution in [0.3, 0.4) is 0 Å². The maximum Gasteiger partial charge on any atom is 0.308 e. The first-order chi connectivity index (χ1) is 9.83. The third kappa shape index (κ3) is 2.77. The monoisotopic (exact) mass is 265 g/mol. The first kappa shape index (κ1) is 12.6. The summed E-state index contributed by atoms with van der Waals surface area (Å²) in [6.07, 6.45) is 0.364. The summed E-state index contributed by atoms with van der Waals surface area (Å²) in [7, 11) is 0. The summed E-state index contributed by atoms with van der Waals surface area (Å²) < 4.78 is 4.99. The molecule has 1 aliphatic heterocycles. The van der Waals surface area contributed by atoms with Crippen molar-refractivity contribution in [3.8, 4) is 0 Å². The Morgan fingerprint density at radius 2 is 1.50 bits per heavy atom. The van der Waals surface area contributed by atoms with Gasteiger partial charge in [0, 0.05) is 11.1 Å². The second kappa shape index (κ2) is 5.70. The average molecular weight is 265 g/mol. The molecule has 0 radical (unpaired) electrons. The van der Waals surface area contributed by atoms with Gasteiger partial charge in [0.1, 0.15) is 6.61 Å². The van der Waals surface area contributed by atoms with Gasteiger partial charge in [0.05, 0.1) is 18.2 Å². The molecule has 1 heterocycles. The summed E-state index contributed by atoms with van der Waals surface area (Å²) in [4.78, 5) is 16.0. The number of rotatable bonds is 3. The Morgan fingerprint density at radius 1 is 0.950 bits per heavy atom. The van der Waals surface area contributed by atoms with Crippen molar-refractivity contribution in [3.05, 3.63) is 71.8 Å². The summed E-state index contributed by atoms with van der Waals surface area (Å²) in [5, 5.41) is 0. The first-order valence-electron chi connectivity index (χ1n) is 6.67. The molecule has 3 heteroatoms. The molecule has 1 saturated heterocycles. The number of hydrogen-bond donors (Lipinski definition) is 0. The highest BCUT2D eigenvalue weighted by molar-refractivity contribution is 6.13. The predicted octanol–water partition coefficient (Wildman–Crippen LogP) is 2.84. The fourth-order valence-corrected chi connectivity index (χ4v) is 2.27. The molecule has 2 aromatic rings. The van der Waals surface area contributed by atoms with E-state index >= 15 is 0 Å². The van der Waals surface area contributed by atoms with Crippen molar-refractivity contribution in [2.45, 2.75) is 12.5 Å². The van der Waals surface area contributed by atoms with Crippen molar-refractivity contribution in [3.63, 3.8) is 0 Å². The third-order valence-electron chi connectivity index (χ3n) is 3.25. The maximum atomic E-state index is 11.2. The summed E-state index contributed by atoms with van der Waals surface area (Å²) >= 11 is 0. The third-order valence-corrected chi connectivity index (χ3v) is 3.25. The van der Waals surface area contributed by atoms with Gasteiger partial charge in [-0.1, -0.05) is 60.7 Å². The molecular formula is C17H15NO2. The number of nitrogens with zero attached hydrogens (tertiary/aromatic N) is 1. The normalized spacial score (nSPS) is 17.6. The van der Waals surface area contributed by atoms with Crippen LogP contribution in [0.4, 0.5) is 0 Å². The Kier molecular flexibility index (Phi) is 3.59. The van der Waals surface area contributed by atoms with Gasteiger partial charge in [-0.15, -0.1) is 0 Å². The lowest BCUT2D eigenvalue weighted by molar-refractivity contribution is -0.137. The van der Waals surface area contributed by atoms with Crippen molar-refractivity contribution in [1.29, 1.82) is 0 Å². The molecule has 1 atom stereocenters. The Morgan fingerprint density at radius 3 is 1.95 bits per heavy atom. The van der Waals surface area contributed by atoms with Gasteiger partial charge in [-0.25, -0.2) is 0 Å². The quantitative estimate of drug-likeness (QED) is 0.632. The number of esters is 1. The zero-order chi connectivity index (χ0) is 13.8. The van der Waals surface area contributed by atoms with Crippen LogP contribution in [0, 0.1) is 0 Å². The van der Waals surface area contributed by atoms with Crippen LogP contribution in [-0.4, -0.2) is 24.3 Å². The number of benzene rings is 2. The smallest absolute Gasteiger partial charge is 0.308 e. The van der Waals surface area contributed by atoms with E-state index in [4.69, 9.17) is 9.73 Å². The standard InChI is InChI=1S/C17H15NO2/c19-16-11-15(12-20-16)18-17(13-7-3-1-4-8-13)14-9-5-2-6-10-14/h1-10,15H,11-12H2. The molecule has 20 heavy (non-hydrogen) atoms. The summed E-state index contributed by atoms with van der Waals surface area (Å²) in [6.45, 7) is 0.377. The minimum atomic E-state index is -0.167. The van der Waals surface area contributed by atoms with Crippen molar-refractivity contribution in [2.75, 3.05) is 6.61 Å². The van der Waals surface area contributed by atoms with Gasteiger partial charge >= 0.3 is 5.97 Å². The lowest BCUT2D eigenvalue weighted by Crippen LogP contribution is -2.11. The summed E-state index contributed by atoms with van der Waals surface area (Å²) in [6, 6.07) is 20.0. The Hall–Kier alpha value is -2.42. The van der Waals surface area contributed by atoms with E-state index in [-0.39, 0.29) is 12.0 Å². The van der Waals surface area contributed by atoms with Gasteiger partial charge in [-0.05, 0) is 0 Å². The van der Waals surface area contributed by atoms with Crippen LogP contribution < -0.4 is 0 Å². The van der Waals surface area contributed by atoms with Gasteiger partial charge in [0.15, 0.2) is 0 Å². The zero-order valence-electron chi connectivity index (χ0n) is 11.0. The van der Waals surface area contributed by atoms with E-state index in [1.165, 1.54) is 0 Å². The van der Waals surface area contributed by atoms with E-state index in [1.807, 2.05) is 60.7 Å². The Bertz CT molecular complexity index is 578. The highest BCUT2D eigenvalue weighted by Gasteiger charge is 2.24. The fraction of sp³-hybridized carbons (Fsp3) is 0.176. The van der Waals surface area contributed by atoms with Crippen LogP contribution >= 0.6 is 0 Å². The highest BCUT2D eigenvalue weighted by Crippen LogP contribution is 2.16. The van der Waals surface area contributed by atoms with E-state index < -0.39 is 0 Å². The van der Waals surface area contributed by atoms with Crippen molar-refractivity contribution >= 4 is 11.7 Å².